The monoisotopic (exact) mass is 834 g/mol. The van der Waals surface area contributed by atoms with Gasteiger partial charge in [0.15, 0.2) is 11.5 Å². The Balaban J connectivity index is 1.91. The fourth-order valence-electron chi connectivity index (χ4n) is 5.23. The lowest BCUT2D eigenvalue weighted by Gasteiger charge is -2.38. The highest BCUT2D eigenvalue weighted by Crippen LogP contribution is 2.58. The molecule has 0 unspecified atom stereocenters. The van der Waals surface area contributed by atoms with Gasteiger partial charge in [0.25, 0.3) is 11.5 Å². The number of nitro benzene ring substituents is 4. The number of benzene rings is 4. The van der Waals surface area contributed by atoms with Gasteiger partial charge in [-0.3, -0.25) is 40.5 Å². The van der Waals surface area contributed by atoms with E-state index in [1.54, 1.807) is 0 Å². The first-order chi connectivity index (χ1) is 25.9. The quantitative estimate of drug-likeness (QED) is 0.0656. The van der Waals surface area contributed by atoms with Gasteiger partial charge in [-0.2, -0.15) is 52.7 Å². The van der Waals surface area contributed by atoms with Crippen LogP contribution in [0, 0.1) is 40.5 Å². The second-order valence-electron chi connectivity index (χ2n) is 11.2. The van der Waals surface area contributed by atoms with Crippen LogP contribution in [0.15, 0.2) is 60.7 Å². The summed E-state index contributed by atoms with van der Waals surface area (Å²) in [6.45, 7) is 0. The third kappa shape index (κ3) is 7.85. The number of ether oxygens (including phenoxy) is 2. The van der Waals surface area contributed by atoms with Crippen LogP contribution in [-0.4, -0.2) is 32.0 Å². The number of hydrogen-bond donors (Lipinski definition) is 2. The lowest BCUT2D eigenvalue weighted by molar-refractivity contribution is -0.396. The van der Waals surface area contributed by atoms with Crippen LogP contribution >= 0.6 is 0 Å². The molecule has 28 heteroatoms. The van der Waals surface area contributed by atoms with E-state index in [4.69, 9.17) is 20.9 Å². The van der Waals surface area contributed by atoms with E-state index in [-0.39, 0.29) is 60.7 Å². The Morgan fingerprint density at radius 2 is 0.702 bits per heavy atom. The van der Waals surface area contributed by atoms with Gasteiger partial charge in [0.2, 0.25) is 5.41 Å². The van der Waals surface area contributed by atoms with Crippen molar-refractivity contribution in [2.75, 3.05) is 11.5 Å². The fraction of sp³-hybridized carbons (Fsp3) is 0.172. The molecule has 0 spiro atoms. The van der Waals surface area contributed by atoms with E-state index in [1.165, 1.54) is 0 Å². The third-order valence-corrected chi connectivity index (χ3v) is 7.70. The molecule has 4 N–H and O–H groups in total. The van der Waals surface area contributed by atoms with Gasteiger partial charge in [-0.25, -0.2) is 0 Å². The second-order valence-corrected chi connectivity index (χ2v) is 11.2. The van der Waals surface area contributed by atoms with Crippen molar-refractivity contribution in [3.8, 4) is 23.0 Å². The van der Waals surface area contributed by atoms with Crippen LogP contribution < -0.4 is 20.9 Å². The van der Waals surface area contributed by atoms with Crippen LogP contribution in [0.4, 0.5) is 86.8 Å². The Morgan fingerprint density at radius 1 is 0.439 bits per heavy atom. The van der Waals surface area contributed by atoms with Crippen molar-refractivity contribution in [2.24, 2.45) is 0 Å². The maximum Gasteiger partial charge on any atom is 0.416 e. The zero-order chi connectivity index (χ0) is 43.4. The van der Waals surface area contributed by atoms with Gasteiger partial charge in [-0.05, 0) is 35.4 Å². The first-order valence-corrected chi connectivity index (χ1v) is 14.3. The van der Waals surface area contributed by atoms with E-state index in [1.807, 2.05) is 0 Å². The Morgan fingerprint density at radius 3 is 0.895 bits per heavy atom. The Kier molecular flexibility index (Phi) is 10.6. The molecule has 0 radical (unpaired) electrons. The molecular formula is C29H14F12N6O10. The second kappa shape index (κ2) is 14.2. The Bertz CT molecular complexity index is 2100. The van der Waals surface area contributed by atoms with E-state index in [0.717, 1.165) is 0 Å². The van der Waals surface area contributed by atoms with Crippen molar-refractivity contribution in [3.05, 3.63) is 123 Å². The van der Waals surface area contributed by atoms with Crippen LogP contribution in [0.2, 0.25) is 0 Å². The van der Waals surface area contributed by atoms with Crippen molar-refractivity contribution in [3.63, 3.8) is 0 Å². The number of nitrogen functional groups attached to an aromatic ring is 2. The highest BCUT2D eigenvalue weighted by atomic mass is 19.4. The summed E-state index contributed by atoms with van der Waals surface area (Å²) in [5.74, 6) is -5.39. The molecule has 4 rings (SSSR count). The molecule has 0 heterocycles. The van der Waals surface area contributed by atoms with Crippen molar-refractivity contribution in [1.29, 1.82) is 0 Å². The predicted octanol–water partition coefficient (Wildman–Crippen LogP) is 9.52. The van der Waals surface area contributed by atoms with Crippen molar-refractivity contribution < 1.29 is 81.9 Å². The first-order valence-electron chi connectivity index (χ1n) is 14.3. The number of nitrogens with two attached hydrogens (primary N) is 2. The van der Waals surface area contributed by atoms with Crippen molar-refractivity contribution in [1.82, 2.24) is 0 Å². The molecule has 304 valence electrons. The molecule has 0 aliphatic carbocycles. The molecule has 16 nitrogen and oxygen atoms in total. The van der Waals surface area contributed by atoms with Crippen molar-refractivity contribution in [2.45, 2.75) is 30.1 Å². The molecule has 0 amide bonds. The standard InChI is InChI=1S/C29H14F12N6O10/c30-26(31,32)13-7-17(44(48)49)23(18(8-13)45(50)51)56-21-3-1-11(5-15(21)42)25(28(36,37)38,29(39,40)41)12-2-4-22(16(43)6-12)57-24-19(46(52)53)9-14(27(33,34)35)10-20(24)47(54)55/h1-10H,42-43H2. The van der Waals surface area contributed by atoms with Crippen LogP contribution in [0.25, 0.3) is 0 Å². The Hall–Kier alpha value is -7.16. The number of hydrogen-bond acceptors (Lipinski definition) is 12. The summed E-state index contributed by atoms with van der Waals surface area (Å²) >= 11 is 0. The minimum Gasteiger partial charge on any atom is -0.442 e. The molecule has 0 aliphatic heterocycles. The van der Waals surface area contributed by atoms with Gasteiger partial charge in [-0.15, -0.1) is 0 Å². The average Bonchev–Trinajstić information content (AvgIpc) is 3.04. The first kappa shape index (κ1) is 42.6. The van der Waals surface area contributed by atoms with Gasteiger partial charge in [0.05, 0.1) is 42.2 Å². The molecule has 0 aromatic heterocycles. The molecule has 4 aromatic carbocycles. The lowest BCUT2D eigenvalue weighted by Crippen LogP contribution is -2.54. The topological polar surface area (TPSA) is 243 Å². The lowest BCUT2D eigenvalue weighted by atomic mass is 9.72. The zero-order valence-corrected chi connectivity index (χ0v) is 26.8. The van der Waals surface area contributed by atoms with Crippen LogP contribution in [0.1, 0.15) is 22.3 Å². The van der Waals surface area contributed by atoms with E-state index < -0.39 is 129 Å². The van der Waals surface area contributed by atoms with Gasteiger partial charge in [0, 0.05) is 24.3 Å². The number of nitro groups is 4. The van der Waals surface area contributed by atoms with Crippen molar-refractivity contribution >= 4 is 34.1 Å². The SMILES string of the molecule is Nc1cc(C(c2ccc(Oc3c([N+](=O)[O-])cc(C(F)(F)F)cc3[N+](=O)[O-])c(N)c2)(C(F)(F)F)C(F)(F)F)ccc1Oc1c([N+](=O)[O-])cc(C(F)(F)F)cc1[N+](=O)[O-]. The third-order valence-electron chi connectivity index (χ3n) is 7.70. The van der Waals surface area contributed by atoms with E-state index in [2.05, 4.69) is 0 Å². The molecule has 57 heavy (non-hydrogen) atoms. The molecule has 0 bridgehead atoms. The van der Waals surface area contributed by atoms with E-state index in [9.17, 15) is 93.1 Å². The molecule has 0 saturated carbocycles. The maximum absolute atomic E-state index is 14.9. The molecular weight excluding hydrogens is 820 g/mol. The van der Waals surface area contributed by atoms with Gasteiger partial charge in [0.1, 0.15) is 0 Å². The summed E-state index contributed by atoms with van der Waals surface area (Å²) in [5.41, 5.74) is -10.8. The van der Waals surface area contributed by atoms with Gasteiger partial charge in [-0.1, -0.05) is 12.1 Å². The van der Waals surface area contributed by atoms with Crippen LogP contribution in [-0.2, 0) is 17.8 Å². The Labute approximate surface area is 304 Å². The molecule has 0 atom stereocenters. The largest absolute Gasteiger partial charge is 0.442 e. The summed E-state index contributed by atoms with van der Waals surface area (Å²) < 4.78 is 179. The molecule has 0 saturated heterocycles. The summed E-state index contributed by atoms with van der Waals surface area (Å²) in [5, 5.41) is 46.2. The molecule has 0 fully saturated rings. The number of anilines is 2. The summed E-state index contributed by atoms with van der Waals surface area (Å²) in [7, 11) is 0. The normalized spacial score (nSPS) is 12.6. The minimum atomic E-state index is -6.44. The van der Waals surface area contributed by atoms with Gasteiger partial charge < -0.3 is 20.9 Å². The number of halogens is 12. The van der Waals surface area contributed by atoms with Crippen LogP contribution in [0.3, 0.4) is 0 Å². The minimum absolute atomic E-state index is 0.0178. The number of rotatable bonds is 10. The molecule has 0 aliphatic rings. The fourth-order valence-corrected chi connectivity index (χ4v) is 5.23. The van der Waals surface area contributed by atoms with Gasteiger partial charge >= 0.3 is 47.5 Å². The van der Waals surface area contributed by atoms with E-state index in [0.29, 0.717) is 0 Å². The average molecular weight is 834 g/mol. The summed E-state index contributed by atoms with van der Waals surface area (Å²) in [6.07, 6.45) is -23.7. The highest BCUT2D eigenvalue weighted by Gasteiger charge is 2.72. The highest BCUT2D eigenvalue weighted by molar-refractivity contribution is 5.69. The summed E-state index contributed by atoms with van der Waals surface area (Å²) in [6, 6.07) is -0.533. The predicted molar refractivity (Wildman–Crippen MR) is 164 cm³/mol. The summed E-state index contributed by atoms with van der Waals surface area (Å²) in [4.78, 5) is 39.9. The molecule has 4 aromatic rings. The number of alkyl halides is 12. The van der Waals surface area contributed by atoms with E-state index >= 15 is 0 Å². The number of nitrogens with zero attached hydrogens (tertiary/aromatic N) is 4. The maximum atomic E-state index is 14.9. The zero-order valence-electron chi connectivity index (χ0n) is 26.8. The smallest absolute Gasteiger partial charge is 0.416 e. The van der Waals surface area contributed by atoms with Crippen LogP contribution in [0.5, 0.6) is 23.0 Å².